The van der Waals surface area contributed by atoms with Gasteiger partial charge in [-0.05, 0) is 0 Å². The minimum absolute atomic E-state index is 0.0589. The molecule has 2 heterocycles. The molecule has 3 atom stereocenters. The summed E-state index contributed by atoms with van der Waals surface area (Å²) in [5.74, 6) is -0.182. The van der Waals surface area contributed by atoms with Crippen LogP contribution in [0.4, 0.5) is 0 Å². The number of ether oxygens (including phenoxy) is 3. The number of hydrogen-bond acceptors (Lipinski definition) is 4. The van der Waals surface area contributed by atoms with Gasteiger partial charge in [-0.1, -0.05) is 20.8 Å². The zero-order chi connectivity index (χ0) is 10.3. The first kappa shape index (κ1) is 9.93. The number of esters is 1. The quantitative estimate of drug-likeness (QED) is 0.549. The predicted molar refractivity (Wildman–Crippen MR) is 48.6 cm³/mol. The van der Waals surface area contributed by atoms with Crippen molar-refractivity contribution >= 4 is 5.97 Å². The van der Waals surface area contributed by atoms with E-state index in [-0.39, 0.29) is 29.9 Å². The maximum Gasteiger partial charge on any atom is 0.309 e. The number of carbonyl (C=O) groups excluding carboxylic acids is 1. The van der Waals surface area contributed by atoms with Gasteiger partial charge in [-0.25, -0.2) is 0 Å². The molecule has 2 aliphatic heterocycles. The van der Waals surface area contributed by atoms with Crippen LogP contribution in [0.15, 0.2) is 0 Å². The summed E-state index contributed by atoms with van der Waals surface area (Å²) in [7, 11) is 0. The second-order valence-electron chi connectivity index (χ2n) is 4.94. The highest BCUT2D eigenvalue weighted by Gasteiger charge is 2.44. The number of fused-ring (bicyclic) bond motifs is 1. The maximum absolute atomic E-state index is 11.0. The van der Waals surface area contributed by atoms with Crippen LogP contribution in [0.5, 0.6) is 0 Å². The van der Waals surface area contributed by atoms with Crippen LogP contribution in [0.2, 0.25) is 0 Å². The summed E-state index contributed by atoms with van der Waals surface area (Å²) in [6.45, 7) is 6.61. The zero-order valence-corrected chi connectivity index (χ0v) is 8.78. The minimum Gasteiger partial charge on any atom is -0.457 e. The molecular weight excluding hydrogens is 184 g/mol. The standard InChI is InChI=1S/C10H16O4/c1-10(2,3)9-12-5-7-6(14-9)4-8(11)13-7/h6-7,9H,4-5H2,1-3H3/t6-,7+,9+/m1/s1. The van der Waals surface area contributed by atoms with Crippen molar-refractivity contribution in [3.63, 3.8) is 0 Å². The normalized spacial score (nSPS) is 37.9. The van der Waals surface area contributed by atoms with E-state index in [4.69, 9.17) is 14.2 Å². The van der Waals surface area contributed by atoms with E-state index in [1.165, 1.54) is 0 Å². The fourth-order valence-electron chi connectivity index (χ4n) is 1.70. The Kier molecular flexibility index (Phi) is 2.27. The monoisotopic (exact) mass is 200 g/mol. The summed E-state index contributed by atoms with van der Waals surface area (Å²) in [4.78, 5) is 11.0. The third kappa shape index (κ3) is 1.77. The summed E-state index contributed by atoms with van der Waals surface area (Å²) in [5, 5.41) is 0. The van der Waals surface area contributed by atoms with Gasteiger partial charge in [-0.2, -0.15) is 0 Å². The maximum atomic E-state index is 11.0. The first-order chi connectivity index (χ1) is 6.47. The smallest absolute Gasteiger partial charge is 0.309 e. The largest absolute Gasteiger partial charge is 0.457 e. The van der Waals surface area contributed by atoms with Crippen LogP contribution in [0.1, 0.15) is 27.2 Å². The Labute approximate surface area is 83.5 Å². The fourth-order valence-corrected chi connectivity index (χ4v) is 1.70. The van der Waals surface area contributed by atoms with Crippen molar-refractivity contribution < 1.29 is 19.0 Å². The third-order valence-electron chi connectivity index (χ3n) is 2.48. The highest BCUT2D eigenvalue weighted by atomic mass is 16.7. The highest BCUT2D eigenvalue weighted by Crippen LogP contribution is 2.32. The first-order valence-electron chi connectivity index (χ1n) is 4.93. The van der Waals surface area contributed by atoms with E-state index in [9.17, 15) is 4.79 Å². The van der Waals surface area contributed by atoms with Crippen molar-refractivity contribution in [3.8, 4) is 0 Å². The topological polar surface area (TPSA) is 44.8 Å². The van der Waals surface area contributed by atoms with Gasteiger partial charge in [0, 0.05) is 5.41 Å². The van der Waals surface area contributed by atoms with Crippen LogP contribution in [-0.2, 0) is 19.0 Å². The van der Waals surface area contributed by atoms with Gasteiger partial charge in [0.2, 0.25) is 0 Å². The number of rotatable bonds is 0. The summed E-state index contributed by atoms with van der Waals surface area (Å²) < 4.78 is 16.2. The van der Waals surface area contributed by atoms with Gasteiger partial charge in [0.1, 0.15) is 6.10 Å². The summed E-state index contributed by atoms with van der Waals surface area (Å²) in [5.41, 5.74) is -0.0589. The molecule has 2 saturated heterocycles. The lowest BCUT2D eigenvalue weighted by molar-refractivity contribution is -0.272. The lowest BCUT2D eigenvalue weighted by Gasteiger charge is -2.37. The van der Waals surface area contributed by atoms with Crippen LogP contribution in [0.3, 0.4) is 0 Å². The SMILES string of the molecule is CC(C)(C)[C@H]1OC[C@@H]2OC(=O)C[C@H]2O1. The van der Waals surface area contributed by atoms with Crippen molar-refractivity contribution in [2.75, 3.05) is 6.61 Å². The third-order valence-corrected chi connectivity index (χ3v) is 2.48. The van der Waals surface area contributed by atoms with E-state index in [0.717, 1.165) is 0 Å². The second-order valence-corrected chi connectivity index (χ2v) is 4.94. The van der Waals surface area contributed by atoms with Crippen LogP contribution in [0.25, 0.3) is 0 Å². The predicted octanol–water partition coefficient (Wildman–Crippen LogP) is 1.09. The molecule has 2 rings (SSSR count). The molecule has 2 fully saturated rings. The summed E-state index contributed by atoms with van der Waals surface area (Å²) >= 11 is 0. The lowest BCUT2D eigenvalue weighted by atomic mass is 9.95. The van der Waals surface area contributed by atoms with Crippen LogP contribution in [0, 0.1) is 5.41 Å². The molecule has 2 aliphatic rings. The van der Waals surface area contributed by atoms with Crippen molar-refractivity contribution in [2.45, 2.75) is 45.7 Å². The molecule has 0 unspecified atom stereocenters. The van der Waals surface area contributed by atoms with E-state index in [2.05, 4.69) is 20.8 Å². The molecule has 0 saturated carbocycles. The van der Waals surface area contributed by atoms with Gasteiger partial charge in [-0.15, -0.1) is 0 Å². The van der Waals surface area contributed by atoms with E-state index < -0.39 is 0 Å². The highest BCUT2D eigenvalue weighted by molar-refractivity contribution is 5.72. The summed E-state index contributed by atoms with van der Waals surface area (Å²) in [6.07, 6.45) is -0.180. The molecule has 0 amide bonds. The molecular formula is C10H16O4. The number of carbonyl (C=O) groups is 1. The minimum atomic E-state index is -0.238. The molecule has 0 radical (unpaired) electrons. The first-order valence-corrected chi connectivity index (χ1v) is 4.93. The van der Waals surface area contributed by atoms with E-state index in [1.54, 1.807) is 0 Å². The molecule has 0 N–H and O–H groups in total. The Morgan fingerprint density at radius 2 is 2.00 bits per heavy atom. The second kappa shape index (κ2) is 3.21. The number of hydrogen-bond donors (Lipinski definition) is 0. The molecule has 4 heteroatoms. The van der Waals surface area contributed by atoms with Crippen LogP contribution >= 0.6 is 0 Å². The van der Waals surface area contributed by atoms with Gasteiger partial charge in [0.05, 0.1) is 13.0 Å². The Morgan fingerprint density at radius 1 is 1.29 bits per heavy atom. The van der Waals surface area contributed by atoms with Gasteiger partial charge >= 0.3 is 5.97 Å². The molecule has 4 nitrogen and oxygen atoms in total. The molecule has 0 spiro atoms. The van der Waals surface area contributed by atoms with Gasteiger partial charge in [-0.3, -0.25) is 4.79 Å². The van der Waals surface area contributed by atoms with Gasteiger partial charge < -0.3 is 14.2 Å². The van der Waals surface area contributed by atoms with Crippen LogP contribution in [-0.4, -0.2) is 31.1 Å². The molecule has 0 aliphatic carbocycles. The van der Waals surface area contributed by atoms with Gasteiger partial charge in [0.15, 0.2) is 12.4 Å². The molecule has 14 heavy (non-hydrogen) atoms. The Morgan fingerprint density at radius 3 is 2.64 bits per heavy atom. The lowest BCUT2D eigenvalue weighted by Crippen LogP contribution is -2.46. The van der Waals surface area contributed by atoms with Gasteiger partial charge in [0.25, 0.3) is 0 Å². The summed E-state index contributed by atoms with van der Waals surface area (Å²) in [6, 6.07) is 0. The van der Waals surface area contributed by atoms with Crippen molar-refractivity contribution in [1.82, 2.24) is 0 Å². The van der Waals surface area contributed by atoms with E-state index >= 15 is 0 Å². The van der Waals surface area contributed by atoms with E-state index in [0.29, 0.717) is 13.0 Å². The molecule has 0 bridgehead atoms. The van der Waals surface area contributed by atoms with Crippen molar-refractivity contribution in [1.29, 1.82) is 0 Å². The van der Waals surface area contributed by atoms with E-state index in [1.807, 2.05) is 0 Å². The van der Waals surface area contributed by atoms with Crippen molar-refractivity contribution in [3.05, 3.63) is 0 Å². The zero-order valence-electron chi connectivity index (χ0n) is 8.78. The molecule has 80 valence electrons. The van der Waals surface area contributed by atoms with Crippen molar-refractivity contribution in [2.24, 2.45) is 5.41 Å². The average molecular weight is 200 g/mol. The fraction of sp³-hybridized carbons (Fsp3) is 0.900. The molecule has 0 aromatic carbocycles. The molecule has 0 aromatic heterocycles. The average Bonchev–Trinajstić information content (AvgIpc) is 2.41. The Hall–Kier alpha value is -0.610. The Balaban J connectivity index is 2.01. The Bertz CT molecular complexity index is 243. The van der Waals surface area contributed by atoms with Crippen LogP contribution < -0.4 is 0 Å². The molecule has 0 aromatic rings.